The molecule has 0 saturated heterocycles. The van der Waals surface area contributed by atoms with Crippen LogP contribution >= 0.6 is 15.9 Å². The van der Waals surface area contributed by atoms with Crippen molar-refractivity contribution >= 4 is 27.1 Å². The molecule has 0 saturated carbocycles. The Kier molecular flexibility index (Phi) is 5.72. The second-order valence-corrected chi connectivity index (χ2v) is 6.66. The van der Waals surface area contributed by atoms with Crippen LogP contribution in [0.2, 0.25) is 0 Å². The third-order valence-corrected chi connectivity index (χ3v) is 4.54. The summed E-state index contributed by atoms with van der Waals surface area (Å²) >= 11 is 3.33. The summed E-state index contributed by atoms with van der Waals surface area (Å²) in [6.45, 7) is 0.242. The van der Waals surface area contributed by atoms with Crippen molar-refractivity contribution in [1.82, 2.24) is 18.7 Å². The van der Waals surface area contributed by atoms with E-state index in [1.165, 1.54) is 4.57 Å². The molecule has 7 nitrogen and oxygen atoms in total. The van der Waals surface area contributed by atoms with Gasteiger partial charge >= 0.3 is 5.69 Å². The maximum Gasteiger partial charge on any atom is 0.333 e. The molecule has 142 valence electrons. The Hall–Kier alpha value is -3.23. The van der Waals surface area contributed by atoms with Crippen molar-refractivity contribution in [3.8, 4) is 29.9 Å². The summed E-state index contributed by atoms with van der Waals surface area (Å²) in [5, 5.41) is 0.525. The van der Waals surface area contributed by atoms with Gasteiger partial charge in [0.05, 0.1) is 13.7 Å². The first-order valence-electron chi connectivity index (χ1n) is 8.37. The van der Waals surface area contributed by atoms with Crippen molar-refractivity contribution in [2.75, 3.05) is 12.4 Å². The first kappa shape index (κ1) is 19.5. The van der Waals surface area contributed by atoms with Gasteiger partial charge < -0.3 is 9.30 Å². The predicted octanol–water partition coefficient (Wildman–Crippen LogP) is 1.33. The molecule has 0 fully saturated rings. The molecular formula is C20H17BrN4O3. The van der Waals surface area contributed by atoms with Crippen molar-refractivity contribution in [2.24, 2.45) is 7.05 Å². The van der Waals surface area contributed by atoms with E-state index in [0.717, 1.165) is 10.1 Å². The third-order valence-electron chi connectivity index (χ3n) is 4.19. The molecule has 0 radical (unpaired) electrons. The monoisotopic (exact) mass is 440 g/mol. The largest absolute Gasteiger partial charge is 0.497 e. The lowest BCUT2D eigenvalue weighted by atomic mass is 10.2. The Morgan fingerprint density at radius 1 is 1.25 bits per heavy atom. The molecule has 3 aromatic rings. The highest BCUT2D eigenvalue weighted by molar-refractivity contribution is 9.09. The zero-order chi connectivity index (χ0) is 20.3. The molecule has 0 aliphatic carbocycles. The molecule has 0 aliphatic heterocycles. The van der Waals surface area contributed by atoms with Crippen LogP contribution in [0.5, 0.6) is 5.75 Å². The molecule has 3 rings (SSSR count). The number of nitrogens with zero attached hydrogens (tertiary/aromatic N) is 4. The summed E-state index contributed by atoms with van der Waals surface area (Å²) in [5.74, 6) is 9.40. The number of aryl methyl sites for hydroxylation is 2. The molecule has 2 heterocycles. The number of methoxy groups -OCH3 is 1. The van der Waals surface area contributed by atoms with Gasteiger partial charge in [-0.3, -0.25) is 9.36 Å². The average Bonchev–Trinajstić information content (AvgIpc) is 3.03. The number of hydrogen-bond acceptors (Lipinski definition) is 4. The molecule has 0 unspecified atom stereocenters. The zero-order valence-corrected chi connectivity index (χ0v) is 17.0. The molecule has 0 amide bonds. The van der Waals surface area contributed by atoms with Gasteiger partial charge in [-0.05, 0) is 24.1 Å². The molecule has 1 aromatic carbocycles. The van der Waals surface area contributed by atoms with Gasteiger partial charge in [0.1, 0.15) is 5.75 Å². The number of aromatic nitrogens is 4. The molecule has 0 aliphatic rings. The minimum atomic E-state index is -0.486. The Morgan fingerprint density at radius 2 is 2.04 bits per heavy atom. The van der Waals surface area contributed by atoms with E-state index in [1.54, 1.807) is 24.8 Å². The molecule has 0 spiro atoms. The van der Waals surface area contributed by atoms with Crippen LogP contribution in [0.3, 0.4) is 0 Å². The van der Waals surface area contributed by atoms with Gasteiger partial charge in [0.15, 0.2) is 17.0 Å². The number of imidazole rings is 1. The Balaban J connectivity index is 2.23. The van der Waals surface area contributed by atoms with E-state index in [9.17, 15) is 9.59 Å². The highest BCUT2D eigenvalue weighted by atomic mass is 79.9. The number of fused-ring (bicyclic) bond motifs is 1. The number of benzene rings is 1. The van der Waals surface area contributed by atoms with Crippen LogP contribution in [0, 0.1) is 24.2 Å². The molecule has 0 atom stereocenters. The van der Waals surface area contributed by atoms with Crippen LogP contribution in [-0.2, 0) is 20.1 Å². The molecule has 8 heteroatoms. The van der Waals surface area contributed by atoms with E-state index in [1.807, 2.05) is 18.2 Å². The lowest BCUT2D eigenvalue weighted by Gasteiger charge is -2.08. The average molecular weight is 441 g/mol. The lowest BCUT2D eigenvalue weighted by Crippen LogP contribution is -2.40. The van der Waals surface area contributed by atoms with Gasteiger partial charge in [0.25, 0.3) is 5.56 Å². The molecule has 28 heavy (non-hydrogen) atoms. The van der Waals surface area contributed by atoms with E-state index in [-0.39, 0.29) is 12.1 Å². The quantitative estimate of drug-likeness (QED) is 0.453. The fourth-order valence-electron chi connectivity index (χ4n) is 2.82. The van der Waals surface area contributed by atoms with Gasteiger partial charge in [0.2, 0.25) is 0 Å². The highest BCUT2D eigenvalue weighted by Gasteiger charge is 2.18. The van der Waals surface area contributed by atoms with Gasteiger partial charge in [-0.1, -0.05) is 33.8 Å². The van der Waals surface area contributed by atoms with Crippen molar-refractivity contribution in [1.29, 1.82) is 0 Å². The van der Waals surface area contributed by atoms with Crippen molar-refractivity contribution in [3.63, 3.8) is 0 Å². The standard InChI is InChI=1S/C20H17BrN4O3/c1-4-11-25-19(26)17-18(24(12-10-21)20(25)27)22-16(23(17)2)9-8-14-6-5-7-15(13-14)28-3/h1,5-7,13H,10-12H2,2-3H3. The number of hydrogen-bond donors (Lipinski definition) is 0. The van der Waals surface area contributed by atoms with Crippen LogP contribution in [0.4, 0.5) is 0 Å². The van der Waals surface area contributed by atoms with Gasteiger partial charge in [-0.25, -0.2) is 14.3 Å². The zero-order valence-electron chi connectivity index (χ0n) is 15.4. The predicted molar refractivity (Wildman–Crippen MR) is 111 cm³/mol. The number of ether oxygens (including phenoxy) is 1. The third kappa shape index (κ3) is 3.47. The Labute approximate surface area is 169 Å². The van der Waals surface area contributed by atoms with Crippen LogP contribution in [0.15, 0.2) is 33.9 Å². The summed E-state index contributed by atoms with van der Waals surface area (Å²) in [4.78, 5) is 29.9. The maximum absolute atomic E-state index is 12.8. The second-order valence-electron chi connectivity index (χ2n) is 5.87. The highest BCUT2D eigenvalue weighted by Crippen LogP contribution is 2.13. The summed E-state index contributed by atoms with van der Waals surface area (Å²) in [6.07, 6.45) is 5.32. The number of rotatable bonds is 4. The molecule has 0 N–H and O–H groups in total. The first-order chi connectivity index (χ1) is 13.5. The Morgan fingerprint density at radius 3 is 2.71 bits per heavy atom. The Bertz CT molecular complexity index is 1270. The number of halogens is 1. The van der Waals surface area contributed by atoms with E-state index >= 15 is 0 Å². The minimum Gasteiger partial charge on any atom is -0.497 e. The van der Waals surface area contributed by atoms with Crippen LogP contribution in [-0.4, -0.2) is 31.1 Å². The van der Waals surface area contributed by atoms with Gasteiger partial charge in [0, 0.05) is 24.5 Å². The number of terminal acetylenes is 1. The van der Waals surface area contributed by atoms with Crippen molar-refractivity contribution in [3.05, 3.63) is 56.5 Å². The van der Waals surface area contributed by atoms with Crippen molar-refractivity contribution < 1.29 is 4.74 Å². The van der Waals surface area contributed by atoms with Gasteiger partial charge in [-0.15, -0.1) is 6.42 Å². The van der Waals surface area contributed by atoms with Gasteiger partial charge in [-0.2, -0.15) is 0 Å². The normalized spacial score (nSPS) is 10.4. The smallest absolute Gasteiger partial charge is 0.333 e. The minimum absolute atomic E-state index is 0.105. The summed E-state index contributed by atoms with van der Waals surface area (Å²) in [5.41, 5.74) is 0.355. The van der Waals surface area contributed by atoms with Crippen molar-refractivity contribution in [2.45, 2.75) is 13.1 Å². The molecule has 0 bridgehead atoms. The fourth-order valence-corrected chi connectivity index (χ4v) is 3.17. The molecule has 2 aromatic heterocycles. The fraction of sp³-hybridized carbons (Fsp3) is 0.250. The van der Waals surface area contributed by atoms with E-state index in [0.29, 0.717) is 29.1 Å². The SMILES string of the molecule is C#CCn1c(=O)c2c(nc(C#Cc3cccc(OC)c3)n2C)n(CCBr)c1=O. The van der Waals surface area contributed by atoms with Crippen LogP contribution in [0.25, 0.3) is 11.2 Å². The number of alkyl halides is 1. The molecular weight excluding hydrogens is 424 g/mol. The summed E-state index contributed by atoms with van der Waals surface area (Å²) in [7, 11) is 3.28. The van der Waals surface area contributed by atoms with E-state index < -0.39 is 11.2 Å². The maximum atomic E-state index is 12.8. The first-order valence-corrected chi connectivity index (χ1v) is 9.49. The van der Waals surface area contributed by atoms with Crippen LogP contribution in [0.1, 0.15) is 11.4 Å². The van der Waals surface area contributed by atoms with E-state index in [2.05, 4.69) is 38.7 Å². The lowest BCUT2D eigenvalue weighted by molar-refractivity contribution is 0.414. The summed E-state index contributed by atoms with van der Waals surface area (Å²) < 4.78 is 9.24. The van der Waals surface area contributed by atoms with E-state index in [4.69, 9.17) is 11.2 Å². The topological polar surface area (TPSA) is 71.1 Å². The van der Waals surface area contributed by atoms with Crippen LogP contribution < -0.4 is 16.0 Å². The summed E-state index contributed by atoms with van der Waals surface area (Å²) in [6, 6.07) is 7.31. The second kappa shape index (κ2) is 8.20.